The number of halogens is 6. The molecule has 0 aromatic rings. The van der Waals surface area contributed by atoms with Crippen LogP contribution in [0.15, 0.2) is 0 Å². The first-order chi connectivity index (χ1) is 4.15. The molecular formula is C3H2F6S. The minimum absolute atomic E-state index is 2.34. The first-order valence-corrected chi connectivity index (χ1v) is 2.49. The molecule has 0 aromatic heterocycles. The average Bonchev–Trinajstić information content (AvgIpc) is 1.59. The van der Waals surface area contributed by atoms with Crippen LogP contribution in [0, 0.1) is 0 Å². The fourth-order valence-corrected chi connectivity index (χ4v) is 0.186. The molecule has 0 bridgehead atoms. The Balaban J connectivity index is 4.23. The maximum Gasteiger partial charge on any atom is 0.409 e. The Labute approximate surface area is 57.6 Å². The normalized spacial score (nSPS) is 14.4. The monoisotopic (exact) mass is 184 g/mol. The molecule has 0 aliphatic rings. The van der Waals surface area contributed by atoms with Gasteiger partial charge < -0.3 is 0 Å². The zero-order valence-electron chi connectivity index (χ0n) is 4.29. The molecule has 10 heavy (non-hydrogen) atoms. The van der Waals surface area contributed by atoms with Gasteiger partial charge in [0.1, 0.15) is 0 Å². The molecule has 0 fully saturated rings. The molecule has 62 valence electrons. The Morgan fingerprint density at radius 2 is 1.00 bits per heavy atom. The van der Waals surface area contributed by atoms with Gasteiger partial charge in [-0.15, -0.1) is 0 Å². The molecular weight excluding hydrogens is 182 g/mol. The molecule has 0 N–H and O–H groups in total. The van der Waals surface area contributed by atoms with Gasteiger partial charge in [-0.3, -0.25) is 0 Å². The number of hydrogen-bond acceptors (Lipinski definition) is 1. The van der Waals surface area contributed by atoms with Gasteiger partial charge in [0, 0.05) is 0 Å². The maximum atomic E-state index is 11.1. The highest BCUT2D eigenvalue weighted by atomic mass is 32.1. The van der Waals surface area contributed by atoms with E-state index in [0.29, 0.717) is 0 Å². The van der Waals surface area contributed by atoms with E-state index >= 15 is 0 Å². The van der Waals surface area contributed by atoms with Crippen molar-refractivity contribution in [1.29, 1.82) is 0 Å². The molecule has 0 atom stereocenters. The van der Waals surface area contributed by atoms with Crippen LogP contribution >= 0.6 is 12.6 Å². The van der Waals surface area contributed by atoms with Crippen molar-refractivity contribution in [1.82, 2.24) is 0 Å². The fraction of sp³-hybridized carbons (Fsp3) is 1.00. The third-order valence-corrected chi connectivity index (χ3v) is 1.21. The van der Waals surface area contributed by atoms with E-state index in [4.69, 9.17) is 0 Å². The van der Waals surface area contributed by atoms with Gasteiger partial charge in [0.2, 0.25) is 0 Å². The summed E-state index contributed by atoms with van der Waals surface area (Å²) >= 11 is 2.34. The van der Waals surface area contributed by atoms with Crippen LogP contribution in [-0.4, -0.2) is 17.6 Å². The summed E-state index contributed by atoms with van der Waals surface area (Å²) in [5.74, 6) is 0. The molecule has 0 radical (unpaired) electrons. The van der Waals surface area contributed by atoms with Crippen molar-refractivity contribution in [3.63, 3.8) is 0 Å². The summed E-state index contributed by atoms with van der Waals surface area (Å²) < 4.78 is 66.9. The molecule has 0 amide bonds. The molecule has 7 heteroatoms. The van der Waals surface area contributed by atoms with Crippen molar-refractivity contribution >= 4 is 12.6 Å². The molecule has 0 rings (SSSR count). The van der Waals surface area contributed by atoms with E-state index in [1.807, 2.05) is 0 Å². The van der Waals surface area contributed by atoms with Crippen LogP contribution in [-0.2, 0) is 0 Å². The number of alkyl halides is 6. The summed E-state index contributed by atoms with van der Waals surface area (Å²) in [7, 11) is 0. The summed E-state index contributed by atoms with van der Waals surface area (Å²) in [5.41, 5.74) is 0. The van der Waals surface area contributed by atoms with Gasteiger partial charge in [-0.05, 0) is 0 Å². The van der Waals surface area contributed by atoms with Crippen LogP contribution in [0.4, 0.5) is 26.3 Å². The zero-order chi connectivity index (χ0) is 8.58. The number of hydrogen-bond donors (Lipinski definition) is 1. The Kier molecular flexibility index (Phi) is 2.50. The van der Waals surface area contributed by atoms with E-state index in [0.717, 1.165) is 0 Å². The van der Waals surface area contributed by atoms with Crippen molar-refractivity contribution in [2.45, 2.75) is 17.6 Å². The molecule has 0 aromatic carbocycles. The quantitative estimate of drug-likeness (QED) is 0.433. The molecule has 0 saturated carbocycles. The highest BCUT2D eigenvalue weighted by Crippen LogP contribution is 2.36. The number of rotatable bonds is 0. The predicted molar refractivity (Wildman–Crippen MR) is 24.9 cm³/mol. The zero-order valence-corrected chi connectivity index (χ0v) is 5.19. The lowest BCUT2D eigenvalue weighted by Crippen LogP contribution is -2.37. The number of thiol groups is 1. The van der Waals surface area contributed by atoms with Crippen LogP contribution < -0.4 is 0 Å². The Morgan fingerprint density at radius 1 is 0.800 bits per heavy atom. The van der Waals surface area contributed by atoms with Gasteiger partial charge >= 0.3 is 12.4 Å². The van der Waals surface area contributed by atoms with Gasteiger partial charge in [0.25, 0.3) is 0 Å². The standard InChI is InChI=1S/C3H2F6S/c4-2(5,6)1(10)3(7,8)9/h1,10H. The molecule has 0 nitrogen and oxygen atoms in total. The second-order valence-corrected chi connectivity index (χ2v) is 2.00. The first-order valence-electron chi connectivity index (χ1n) is 1.97. The Bertz CT molecular complexity index is 97.1. The fourth-order valence-electron chi connectivity index (χ4n) is 0.186. The summed E-state index contributed by atoms with van der Waals surface area (Å²) in [6.07, 6.45) is -10.6. The topological polar surface area (TPSA) is 0 Å². The minimum atomic E-state index is -5.32. The minimum Gasteiger partial charge on any atom is -0.169 e. The van der Waals surface area contributed by atoms with Crippen molar-refractivity contribution in [3.8, 4) is 0 Å². The van der Waals surface area contributed by atoms with E-state index in [-0.39, 0.29) is 0 Å². The lowest BCUT2D eigenvalue weighted by atomic mass is 10.4. The van der Waals surface area contributed by atoms with Crippen LogP contribution in [0.25, 0.3) is 0 Å². The average molecular weight is 184 g/mol. The SMILES string of the molecule is FC(F)(F)C(S)C(F)(F)F. The van der Waals surface area contributed by atoms with Crippen LogP contribution in [0.5, 0.6) is 0 Å². The Hall–Kier alpha value is -0.0700. The smallest absolute Gasteiger partial charge is 0.169 e. The van der Waals surface area contributed by atoms with Gasteiger partial charge in [0.05, 0.1) is 0 Å². The van der Waals surface area contributed by atoms with Gasteiger partial charge in [-0.1, -0.05) is 0 Å². The predicted octanol–water partition coefficient (Wildman–Crippen LogP) is 2.41. The van der Waals surface area contributed by atoms with Crippen molar-refractivity contribution in [2.24, 2.45) is 0 Å². The molecule has 0 saturated heterocycles. The summed E-state index contributed by atoms with van der Waals surface area (Å²) in [6, 6.07) is 0. The van der Waals surface area contributed by atoms with Crippen molar-refractivity contribution < 1.29 is 26.3 Å². The highest BCUT2D eigenvalue weighted by molar-refractivity contribution is 7.81. The summed E-state index contributed by atoms with van der Waals surface area (Å²) in [6.45, 7) is 0. The molecule has 0 aliphatic heterocycles. The van der Waals surface area contributed by atoms with Crippen LogP contribution in [0.2, 0.25) is 0 Å². The maximum absolute atomic E-state index is 11.1. The van der Waals surface area contributed by atoms with E-state index in [2.05, 4.69) is 12.6 Å². The second-order valence-electron chi connectivity index (χ2n) is 1.49. The van der Waals surface area contributed by atoms with Crippen molar-refractivity contribution in [3.05, 3.63) is 0 Å². The first kappa shape index (κ1) is 9.93. The van der Waals surface area contributed by atoms with Gasteiger partial charge in [-0.25, -0.2) is 0 Å². The highest BCUT2D eigenvalue weighted by Gasteiger charge is 2.54. The van der Waals surface area contributed by atoms with E-state index in [1.54, 1.807) is 0 Å². The Morgan fingerprint density at radius 3 is 1.00 bits per heavy atom. The summed E-state index contributed by atoms with van der Waals surface area (Å²) in [5, 5.41) is -3.54. The molecule has 0 heterocycles. The molecule has 0 spiro atoms. The third kappa shape index (κ3) is 2.68. The lowest BCUT2D eigenvalue weighted by molar-refractivity contribution is -0.223. The molecule has 0 unspecified atom stereocenters. The van der Waals surface area contributed by atoms with E-state index in [9.17, 15) is 26.3 Å². The van der Waals surface area contributed by atoms with Gasteiger partial charge in [0.15, 0.2) is 5.25 Å². The van der Waals surface area contributed by atoms with E-state index < -0.39 is 17.6 Å². The van der Waals surface area contributed by atoms with E-state index in [1.165, 1.54) is 0 Å². The lowest BCUT2D eigenvalue weighted by Gasteiger charge is -2.17. The second kappa shape index (κ2) is 2.52. The molecule has 0 aliphatic carbocycles. The van der Waals surface area contributed by atoms with Crippen LogP contribution in [0.1, 0.15) is 0 Å². The van der Waals surface area contributed by atoms with Crippen LogP contribution in [0.3, 0.4) is 0 Å². The third-order valence-electron chi connectivity index (χ3n) is 0.620. The van der Waals surface area contributed by atoms with Gasteiger partial charge in [-0.2, -0.15) is 39.0 Å². The summed E-state index contributed by atoms with van der Waals surface area (Å²) in [4.78, 5) is 0. The van der Waals surface area contributed by atoms with Crippen molar-refractivity contribution in [2.75, 3.05) is 0 Å². The largest absolute Gasteiger partial charge is 0.409 e.